The minimum absolute atomic E-state index is 0.0203. The molecule has 2 aromatic rings. The molecule has 0 radical (unpaired) electrons. The van der Waals surface area contributed by atoms with E-state index in [1.807, 2.05) is 0 Å². The van der Waals surface area contributed by atoms with Crippen molar-refractivity contribution in [2.24, 2.45) is 0 Å². The zero-order valence-electron chi connectivity index (χ0n) is 12.6. The molecule has 0 aliphatic rings. The quantitative estimate of drug-likeness (QED) is 0.534. The Morgan fingerprint density at radius 3 is 2.36 bits per heavy atom. The minimum atomic E-state index is -1.13. The third kappa shape index (κ3) is 5.86. The Morgan fingerprint density at radius 2 is 1.76 bits per heavy atom. The van der Waals surface area contributed by atoms with Crippen molar-refractivity contribution in [1.29, 1.82) is 0 Å². The van der Waals surface area contributed by atoms with Gasteiger partial charge in [-0.1, -0.05) is 35.3 Å². The summed E-state index contributed by atoms with van der Waals surface area (Å²) in [5, 5.41) is 14.9. The SMILES string of the molecule is O=C(/C=C/c1ccc(Cl)cc1)NC(=S)Nc1ccc(C(=O)O)c(Cl)c1. The Bertz CT molecular complexity index is 851. The molecule has 128 valence electrons. The maximum Gasteiger partial charge on any atom is 0.337 e. The number of benzene rings is 2. The number of thiocarbonyl (C=S) groups is 1. The van der Waals surface area contributed by atoms with Crippen molar-refractivity contribution in [3.8, 4) is 0 Å². The van der Waals surface area contributed by atoms with Crippen molar-refractivity contribution in [2.75, 3.05) is 5.32 Å². The minimum Gasteiger partial charge on any atom is -0.478 e. The second-order valence-electron chi connectivity index (χ2n) is 4.83. The fourth-order valence-electron chi connectivity index (χ4n) is 1.83. The number of hydrogen-bond acceptors (Lipinski definition) is 3. The van der Waals surface area contributed by atoms with Crippen molar-refractivity contribution in [2.45, 2.75) is 0 Å². The topological polar surface area (TPSA) is 78.4 Å². The van der Waals surface area contributed by atoms with Gasteiger partial charge in [0, 0.05) is 16.8 Å². The van der Waals surface area contributed by atoms with Crippen molar-refractivity contribution >= 4 is 64.2 Å². The van der Waals surface area contributed by atoms with Gasteiger partial charge in [-0.2, -0.15) is 0 Å². The standard InChI is InChI=1S/C17H12Cl2N2O3S/c18-11-4-1-10(2-5-11)3-8-15(22)21-17(25)20-12-6-7-13(16(23)24)14(19)9-12/h1-9H,(H,23,24)(H2,20,21,22,25)/b8-3+. The molecule has 0 saturated carbocycles. The highest BCUT2D eigenvalue weighted by atomic mass is 35.5. The summed E-state index contributed by atoms with van der Waals surface area (Å²) < 4.78 is 0. The normalized spacial score (nSPS) is 10.5. The Labute approximate surface area is 159 Å². The third-order valence-electron chi connectivity index (χ3n) is 2.99. The first kappa shape index (κ1) is 18.9. The molecule has 0 aliphatic carbocycles. The summed E-state index contributed by atoms with van der Waals surface area (Å²) in [5.74, 6) is -1.54. The molecule has 0 fully saturated rings. The largest absolute Gasteiger partial charge is 0.478 e. The number of amides is 1. The fraction of sp³-hybridized carbons (Fsp3) is 0. The van der Waals surface area contributed by atoms with Crippen LogP contribution in [0.1, 0.15) is 15.9 Å². The summed E-state index contributed by atoms with van der Waals surface area (Å²) in [5.41, 5.74) is 1.25. The molecule has 0 bridgehead atoms. The Hall–Kier alpha value is -2.41. The molecule has 0 spiro atoms. The molecular weight excluding hydrogens is 383 g/mol. The number of carboxylic acid groups (broad SMARTS) is 1. The van der Waals surface area contributed by atoms with Crippen LogP contribution in [-0.4, -0.2) is 22.1 Å². The van der Waals surface area contributed by atoms with E-state index in [9.17, 15) is 9.59 Å². The third-order valence-corrected chi connectivity index (χ3v) is 3.76. The number of aromatic carboxylic acids is 1. The predicted molar refractivity (Wildman–Crippen MR) is 103 cm³/mol. The summed E-state index contributed by atoms with van der Waals surface area (Å²) in [7, 11) is 0. The zero-order valence-corrected chi connectivity index (χ0v) is 15.0. The molecule has 2 rings (SSSR count). The van der Waals surface area contributed by atoms with E-state index in [0.29, 0.717) is 10.7 Å². The number of nitrogens with one attached hydrogen (secondary N) is 2. The Balaban J connectivity index is 1.93. The number of halogens is 2. The molecule has 2 aromatic carbocycles. The molecule has 0 saturated heterocycles. The number of carboxylic acids is 1. The van der Waals surface area contributed by atoms with Crippen LogP contribution in [0.3, 0.4) is 0 Å². The summed E-state index contributed by atoms with van der Waals surface area (Å²) >= 11 is 16.7. The first-order chi connectivity index (χ1) is 11.8. The van der Waals surface area contributed by atoms with Gasteiger partial charge in [0.25, 0.3) is 0 Å². The fourth-order valence-corrected chi connectivity index (χ4v) is 2.43. The van der Waals surface area contributed by atoms with Gasteiger partial charge >= 0.3 is 5.97 Å². The van der Waals surface area contributed by atoms with Crippen LogP contribution in [0.4, 0.5) is 5.69 Å². The van der Waals surface area contributed by atoms with Crippen LogP contribution in [-0.2, 0) is 4.79 Å². The zero-order chi connectivity index (χ0) is 18.4. The van der Waals surface area contributed by atoms with Crippen LogP contribution in [0.25, 0.3) is 6.08 Å². The van der Waals surface area contributed by atoms with Gasteiger partial charge in [0.05, 0.1) is 10.6 Å². The molecule has 0 unspecified atom stereocenters. The van der Waals surface area contributed by atoms with E-state index in [-0.39, 0.29) is 15.7 Å². The van der Waals surface area contributed by atoms with E-state index < -0.39 is 11.9 Å². The highest BCUT2D eigenvalue weighted by molar-refractivity contribution is 7.80. The van der Waals surface area contributed by atoms with Gasteiger partial charge in [-0.3, -0.25) is 10.1 Å². The average molecular weight is 395 g/mol. The second-order valence-corrected chi connectivity index (χ2v) is 6.08. The van der Waals surface area contributed by atoms with Crippen molar-refractivity contribution in [3.05, 3.63) is 69.7 Å². The van der Waals surface area contributed by atoms with Crippen molar-refractivity contribution in [3.63, 3.8) is 0 Å². The molecule has 25 heavy (non-hydrogen) atoms. The monoisotopic (exact) mass is 394 g/mol. The molecule has 1 amide bonds. The maximum atomic E-state index is 11.8. The molecule has 0 heterocycles. The predicted octanol–water partition coefficient (Wildman–Crippen LogP) is 4.22. The number of carbonyl (C=O) groups excluding carboxylic acids is 1. The molecule has 5 nitrogen and oxygen atoms in total. The lowest BCUT2D eigenvalue weighted by Crippen LogP contribution is -2.32. The molecule has 8 heteroatoms. The van der Waals surface area contributed by atoms with Crippen molar-refractivity contribution in [1.82, 2.24) is 5.32 Å². The first-order valence-electron chi connectivity index (χ1n) is 6.93. The van der Waals surface area contributed by atoms with Gasteiger partial charge in [0.2, 0.25) is 5.91 Å². The Kier molecular flexibility index (Phi) is 6.52. The number of carbonyl (C=O) groups is 2. The smallest absolute Gasteiger partial charge is 0.337 e. The van der Waals surface area contributed by atoms with E-state index in [0.717, 1.165) is 5.56 Å². The van der Waals surface area contributed by atoms with Gasteiger partial charge in [-0.25, -0.2) is 4.79 Å². The summed E-state index contributed by atoms with van der Waals surface area (Å²) in [6.07, 6.45) is 2.95. The number of anilines is 1. The van der Waals surface area contributed by atoms with E-state index in [2.05, 4.69) is 10.6 Å². The molecule has 3 N–H and O–H groups in total. The van der Waals surface area contributed by atoms with Gasteiger partial charge in [-0.15, -0.1) is 0 Å². The van der Waals surface area contributed by atoms with Crippen LogP contribution in [0, 0.1) is 0 Å². The van der Waals surface area contributed by atoms with Crippen LogP contribution in [0.5, 0.6) is 0 Å². The van der Waals surface area contributed by atoms with E-state index in [4.69, 9.17) is 40.5 Å². The van der Waals surface area contributed by atoms with Gasteiger partial charge in [0.15, 0.2) is 5.11 Å². The van der Waals surface area contributed by atoms with Crippen LogP contribution in [0.2, 0.25) is 10.0 Å². The van der Waals surface area contributed by atoms with Crippen LogP contribution < -0.4 is 10.6 Å². The van der Waals surface area contributed by atoms with Crippen molar-refractivity contribution < 1.29 is 14.7 Å². The second kappa shape index (κ2) is 8.62. The number of rotatable bonds is 4. The first-order valence-corrected chi connectivity index (χ1v) is 8.10. The Morgan fingerprint density at radius 1 is 1.08 bits per heavy atom. The highest BCUT2D eigenvalue weighted by Gasteiger charge is 2.09. The van der Waals surface area contributed by atoms with Crippen LogP contribution >= 0.6 is 35.4 Å². The van der Waals surface area contributed by atoms with Gasteiger partial charge in [0.1, 0.15) is 0 Å². The van der Waals surface area contributed by atoms with Gasteiger partial charge < -0.3 is 10.4 Å². The lowest BCUT2D eigenvalue weighted by Gasteiger charge is -2.09. The summed E-state index contributed by atoms with van der Waals surface area (Å²) in [6, 6.07) is 11.2. The summed E-state index contributed by atoms with van der Waals surface area (Å²) in [6.45, 7) is 0. The van der Waals surface area contributed by atoms with E-state index >= 15 is 0 Å². The lowest BCUT2D eigenvalue weighted by atomic mass is 10.2. The number of hydrogen-bond donors (Lipinski definition) is 3. The summed E-state index contributed by atoms with van der Waals surface area (Å²) in [4.78, 5) is 22.7. The lowest BCUT2D eigenvalue weighted by molar-refractivity contribution is -0.115. The highest BCUT2D eigenvalue weighted by Crippen LogP contribution is 2.21. The van der Waals surface area contributed by atoms with E-state index in [1.165, 1.54) is 24.3 Å². The molecule has 0 aliphatic heterocycles. The molecule has 0 aromatic heterocycles. The van der Waals surface area contributed by atoms with Crippen LogP contribution in [0.15, 0.2) is 48.5 Å². The van der Waals surface area contributed by atoms with Gasteiger partial charge in [-0.05, 0) is 54.2 Å². The molecule has 0 atom stereocenters. The average Bonchev–Trinajstić information content (AvgIpc) is 2.54. The maximum absolute atomic E-state index is 11.8. The molecular formula is C17H12Cl2N2O3S. The van der Waals surface area contributed by atoms with E-state index in [1.54, 1.807) is 30.3 Å².